The number of benzene rings is 3. The van der Waals surface area contributed by atoms with Gasteiger partial charge in [-0.3, -0.25) is 14.9 Å². The summed E-state index contributed by atoms with van der Waals surface area (Å²) in [5.74, 6) is -0.0590. The van der Waals surface area contributed by atoms with Crippen LogP contribution in [0.25, 0.3) is 6.08 Å². The minimum Gasteiger partial charge on any atom is -0.488 e. The summed E-state index contributed by atoms with van der Waals surface area (Å²) >= 11 is 3.40. The van der Waals surface area contributed by atoms with E-state index < -0.39 is 10.8 Å². The Labute approximate surface area is 199 Å². The Morgan fingerprint density at radius 3 is 2.58 bits per heavy atom. The van der Waals surface area contributed by atoms with Crippen LogP contribution in [0.5, 0.6) is 5.75 Å². The van der Waals surface area contributed by atoms with Crippen LogP contribution in [0, 0.1) is 35.3 Å². The SMILES string of the molecule is Cc1cccc(NC(=O)/C(C#N)=C/c2cc(Br)ccc2OCc2ccc([N+](=O)[O-])cc2)c1C. The zero-order valence-electron chi connectivity index (χ0n) is 18.0. The second kappa shape index (κ2) is 10.6. The second-order valence-electron chi connectivity index (χ2n) is 7.27. The number of nitro groups is 1. The summed E-state index contributed by atoms with van der Waals surface area (Å²) in [6.45, 7) is 4.01. The molecule has 0 fully saturated rings. The molecular weight excluding hydrogens is 486 g/mol. The molecule has 0 aliphatic rings. The van der Waals surface area contributed by atoms with Gasteiger partial charge in [0.15, 0.2) is 0 Å². The third-order valence-corrected chi connectivity index (χ3v) is 5.52. The fourth-order valence-corrected chi connectivity index (χ4v) is 3.40. The summed E-state index contributed by atoms with van der Waals surface area (Å²) in [5.41, 5.74) is 3.81. The molecule has 0 atom stereocenters. The fraction of sp³-hybridized carbons (Fsp3) is 0.120. The van der Waals surface area contributed by atoms with E-state index in [2.05, 4.69) is 21.2 Å². The average molecular weight is 506 g/mol. The van der Waals surface area contributed by atoms with Gasteiger partial charge in [0.25, 0.3) is 11.6 Å². The third-order valence-electron chi connectivity index (χ3n) is 5.03. The van der Waals surface area contributed by atoms with E-state index in [9.17, 15) is 20.2 Å². The number of amides is 1. The number of non-ortho nitro benzene ring substituents is 1. The zero-order chi connectivity index (χ0) is 24.0. The van der Waals surface area contributed by atoms with Crippen LogP contribution >= 0.6 is 15.9 Å². The van der Waals surface area contributed by atoms with Crippen molar-refractivity contribution in [2.75, 3.05) is 5.32 Å². The summed E-state index contributed by atoms with van der Waals surface area (Å²) in [5, 5.41) is 23.2. The van der Waals surface area contributed by atoms with Crippen LogP contribution in [-0.4, -0.2) is 10.8 Å². The van der Waals surface area contributed by atoms with Crippen molar-refractivity contribution in [3.8, 4) is 11.8 Å². The van der Waals surface area contributed by atoms with Gasteiger partial charge in [0.2, 0.25) is 0 Å². The number of ether oxygens (including phenoxy) is 1. The van der Waals surface area contributed by atoms with Gasteiger partial charge in [0.05, 0.1) is 4.92 Å². The van der Waals surface area contributed by atoms with Crippen molar-refractivity contribution in [1.29, 1.82) is 5.26 Å². The number of rotatable bonds is 7. The van der Waals surface area contributed by atoms with Gasteiger partial charge in [-0.15, -0.1) is 0 Å². The van der Waals surface area contributed by atoms with Crippen LogP contribution < -0.4 is 10.1 Å². The summed E-state index contributed by atoms with van der Waals surface area (Å²) in [4.78, 5) is 23.1. The highest BCUT2D eigenvalue weighted by Crippen LogP contribution is 2.27. The Kier molecular flexibility index (Phi) is 7.59. The number of carbonyl (C=O) groups is 1. The van der Waals surface area contributed by atoms with Crippen molar-refractivity contribution in [2.45, 2.75) is 20.5 Å². The van der Waals surface area contributed by atoms with Gasteiger partial charge in [-0.25, -0.2) is 0 Å². The highest BCUT2D eigenvalue weighted by atomic mass is 79.9. The standard InChI is InChI=1S/C25H20BrN3O4/c1-16-4-3-5-23(17(16)2)28-25(30)20(14-27)12-19-13-21(26)8-11-24(19)33-15-18-6-9-22(10-7-18)29(31)32/h3-13H,15H2,1-2H3,(H,28,30)/b20-12+. The van der Waals surface area contributed by atoms with Gasteiger partial charge >= 0.3 is 0 Å². The van der Waals surface area contributed by atoms with Gasteiger partial charge in [0, 0.05) is 27.9 Å². The molecular formula is C25H20BrN3O4. The van der Waals surface area contributed by atoms with Gasteiger partial charge in [0.1, 0.15) is 24.0 Å². The third kappa shape index (κ3) is 6.05. The number of halogens is 1. The van der Waals surface area contributed by atoms with Crippen molar-refractivity contribution < 1.29 is 14.5 Å². The lowest BCUT2D eigenvalue weighted by Crippen LogP contribution is -2.14. The molecule has 7 nitrogen and oxygen atoms in total. The fourth-order valence-electron chi connectivity index (χ4n) is 3.02. The lowest BCUT2D eigenvalue weighted by Gasteiger charge is -2.12. The molecule has 3 aromatic carbocycles. The molecule has 0 bridgehead atoms. The Morgan fingerprint density at radius 2 is 1.91 bits per heavy atom. The van der Waals surface area contributed by atoms with E-state index >= 15 is 0 Å². The van der Waals surface area contributed by atoms with Gasteiger partial charge in [-0.2, -0.15) is 5.26 Å². The molecule has 3 aromatic rings. The molecule has 0 aromatic heterocycles. The number of nitro benzene ring substituents is 1. The molecule has 0 aliphatic carbocycles. The Bertz CT molecular complexity index is 1280. The number of nitrogens with zero attached hydrogens (tertiary/aromatic N) is 2. The lowest BCUT2D eigenvalue weighted by molar-refractivity contribution is -0.384. The Hall–Kier alpha value is -3.96. The molecule has 8 heteroatoms. The molecule has 0 unspecified atom stereocenters. The van der Waals surface area contributed by atoms with E-state index in [1.54, 1.807) is 36.4 Å². The Morgan fingerprint density at radius 1 is 1.18 bits per heavy atom. The first-order chi connectivity index (χ1) is 15.8. The number of anilines is 1. The molecule has 0 heterocycles. The number of carbonyl (C=O) groups excluding carboxylic acids is 1. The van der Waals surface area contributed by atoms with Crippen molar-refractivity contribution in [1.82, 2.24) is 0 Å². The maximum absolute atomic E-state index is 12.8. The smallest absolute Gasteiger partial charge is 0.269 e. The molecule has 0 aliphatic heterocycles. The maximum atomic E-state index is 12.8. The first-order valence-electron chi connectivity index (χ1n) is 9.93. The molecule has 33 heavy (non-hydrogen) atoms. The monoisotopic (exact) mass is 505 g/mol. The largest absolute Gasteiger partial charge is 0.488 e. The molecule has 1 N–H and O–H groups in total. The summed E-state index contributed by atoms with van der Waals surface area (Å²) in [6, 6.07) is 18.8. The van der Waals surface area contributed by atoms with Crippen molar-refractivity contribution in [3.63, 3.8) is 0 Å². The van der Waals surface area contributed by atoms with Crippen LogP contribution in [-0.2, 0) is 11.4 Å². The molecule has 0 spiro atoms. The van der Waals surface area contributed by atoms with Crippen LogP contribution in [0.15, 0.2) is 70.7 Å². The minimum absolute atomic E-state index is 0.000431. The number of hydrogen-bond donors (Lipinski definition) is 1. The first kappa shape index (κ1) is 23.7. The molecule has 0 saturated carbocycles. The number of nitriles is 1. The molecule has 1 amide bonds. The van der Waals surface area contributed by atoms with Gasteiger partial charge in [-0.05, 0) is 73.0 Å². The molecule has 0 radical (unpaired) electrons. The average Bonchev–Trinajstić information content (AvgIpc) is 2.80. The predicted molar refractivity (Wildman–Crippen MR) is 130 cm³/mol. The minimum atomic E-state index is -0.521. The summed E-state index contributed by atoms with van der Waals surface area (Å²) in [7, 11) is 0. The highest BCUT2D eigenvalue weighted by Gasteiger charge is 2.14. The van der Waals surface area contributed by atoms with E-state index in [0.29, 0.717) is 17.0 Å². The molecule has 3 rings (SSSR count). The molecule has 0 saturated heterocycles. The summed E-state index contributed by atoms with van der Waals surface area (Å²) in [6.07, 6.45) is 1.47. The number of nitrogens with one attached hydrogen (secondary N) is 1. The highest BCUT2D eigenvalue weighted by molar-refractivity contribution is 9.10. The zero-order valence-corrected chi connectivity index (χ0v) is 19.5. The van der Waals surface area contributed by atoms with E-state index in [0.717, 1.165) is 21.2 Å². The first-order valence-corrected chi connectivity index (χ1v) is 10.7. The van der Waals surface area contributed by atoms with Crippen LogP contribution in [0.2, 0.25) is 0 Å². The van der Waals surface area contributed by atoms with Crippen LogP contribution in [0.4, 0.5) is 11.4 Å². The lowest BCUT2D eigenvalue weighted by atomic mass is 10.1. The normalized spacial score (nSPS) is 10.9. The molecule has 166 valence electrons. The van der Waals surface area contributed by atoms with Gasteiger partial charge in [-0.1, -0.05) is 28.1 Å². The van der Waals surface area contributed by atoms with Gasteiger partial charge < -0.3 is 10.1 Å². The quantitative estimate of drug-likeness (QED) is 0.181. The predicted octanol–water partition coefficient (Wildman–Crippen LogP) is 6.10. The summed E-state index contributed by atoms with van der Waals surface area (Å²) < 4.78 is 6.63. The topological polar surface area (TPSA) is 105 Å². The number of aryl methyl sites for hydroxylation is 1. The van der Waals surface area contributed by atoms with E-state index in [1.165, 1.54) is 18.2 Å². The number of hydrogen-bond acceptors (Lipinski definition) is 5. The second-order valence-corrected chi connectivity index (χ2v) is 8.18. The van der Waals surface area contributed by atoms with Crippen LogP contribution in [0.1, 0.15) is 22.3 Å². The van der Waals surface area contributed by atoms with Crippen molar-refractivity contribution >= 4 is 39.3 Å². The van der Waals surface area contributed by atoms with Crippen molar-refractivity contribution in [2.24, 2.45) is 0 Å². The van der Waals surface area contributed by atoms with E-state index in [-0.39, 0.29) is 17.9 Å². The van der Waals surface area contributed by atoms with Crippen molar-refractivity contribution in [3.05, 3.63) is 103 Å². The maximum Gasteiger partial charge on any atom is 0.269 e. The Balaban J connectivity index is 1.82. The van der Waals surface area contributed by atoms with E-state index in [1.807, 2.05) is 32.0 Å². The van der Waals surface area contributed by atoms with Crippen LogP contribution in [0.3, 0.4) is 0 Å². The van der Waals surface area contributed by atoms with E-state index in [4.69, 9.17) is 4.74 Å².